The molecular formula is C12H18N4S. The van der Waals surface area contributed by atoms with E-state index < -0.39 is 0 Å². The van der Waals surface area contributed by atoms with Gasteiger partial charge in [-0.2, -0.15) is 5.10 Å². The summed E-state index contributed by atoms with van der Waals surface area (Å²) in [4.78, 5) is 5.65. The van der Waals surface area contributed by atoms with Crippen LogP contribution in [0, 0.1) is 6.92 Å². The molecule has 5 heteroatoms. The molecule has 0 aliphatic heterocycles. The summed E-state index contributed by atoms with van der Waals surface area (Å²) < 4.78 is 1.85. The Morgan fingerprint density at radius 1 is 1.53 bits per heavy atom. The van der Waals surface area contributed by atoms with Gasteiger partial charge in [0, 0.05) is 24.2 Å². The second-order valence-electron chi connectivity index (χ2n) is 4.20. The molecule has 0 fully saturated rings. The highest BCUT2D eigenvalue weighted by Gasteiger charge is 2.14. The van der Waals surface area contributed by atoms with Crippen LogP contribution in [0.1, 0.15) is 28.6 Å². The topological polar surface area (TPSA) is 42.7 Å². The van der Waals surface area contributed by atoms with Crippen molar-refractivity contribution in [1.29, 1.82) is 0 Å². The molecule has 2 aromatic rings. The number of hydrogen-bond acceptors (Lipinski definition) is 4. The summed E-state index contributed by atoms with van der Waals surface area (Å²) in [5, 5.41) is 7.55. The van der Waals surface area contributed by atoms with E-state index in [9.17, 15) is 0 Å². The molecule has 0 spiro atoms. The molecule has 1 unspecified atom stereocenters. The molecule has 4 nitrogen and oxygen atoms in total. The summed E-state index contributed by atoms with van der Waals surface area (Å²) >= 11 is 1.73. The largest absolute Gasteiger partial charge is 0.312 e. The number of hydrogen-bond donors (Lipinski definition) is 1. The van der Waals surface area contributed by atoms with Crippen molar-refractivity contribution in [3.8, 4) is 0 Å². The number of nitrogens with one attached hydrogen (secondary N) is 1. The quantitative estimate of drug-likeness (QED) is 0.883. The van der Waals surface area contributed by atoms with E-state index in [0.717, 1.165) is 18.5 Å². The molecule has 0 amide bonds. The summed E-state index contributed by atoms with van der Waals surface area (Å²) in [5.41, 5.74) is 4.34. The van der Waals surface area contributed by atoms with Gasteiger partial charge in [0.2, 0.25) is 0 Å². The zero-order valence-electron chi connectivity index (χ0n) is 10.5. The fraction of sp³-hybridized carbons (Fsp3) is 0.500. The van der Waals surface area contributed by atoms with Gasteiger partial charge in [-0.15, -0.1) is 11.3 Å². The lowest BCUT2D eigenvalue weighted by Crippen LogP contribution is -2.16. The van der Waals surface area contributed by atoms with E-state index in [1.54, 1.807) is 11.3 Å². The second-order valence-corrected chi connectivity index (χ2v) is 5.09. The standard InChI is InChI=1S/C12H18N4S/c1-9-12(17-8-14-9)11(13-2)5-4-10-6-15-16(3)7-10/h6-8,11,13H,4-5H2,1-3H3. The molecule has 1 N–H and O–H groups in total. The van der Waals surface area contributed by atoms with Gasteiger partial charge in [0.15, 0.2) is 0 Å². The molecule has 0 aliphatic rings. The third-order valence-electron chi connectivity index (χ3n) is 2.93. The van der Waals surface area contributed by atoms with Gasteiger partial charge in [-0.25, -0.2) is 4.98 Å². The van der Waals surface area contributed by atoms with Crippen molar-refractivity contribution < 1.29 is 0 Å². The number of thiazole rings is 1. The first-order chi connectivity index (χ1) is 8.20. The minimum absolute atomic E-state index is 0.391. The molecule has 2 rings (SSSR count). The van der Waals surface area contributed by atoms with Crippen LogP contribution < -0.4 is 5.32 Å². The van der Waals surface area contributed by atoms with Crippen molar-refractivity contribution in [3.63, 3.8) is 0 Å². The average molecular weight is 250 g/mol. The first-order valence-electron chi connectivity index (χ1n) is 5.75. The Morgan fingerprint density at radius 2 is 2.35 bits per heavy atom. The lowest BCUT2D eigenvalue weighted by atomic mass is 10.1. The predicted octanol–water partition coefficient (Wildman–Crippen LogP) is 2.08. The van der Waals surface area contributed by atoms with Gasteiger partial charge in [-0.05, 0) is 32.4 Å². The fourth-order valence-corrected chi connectivity index (χ4v) is 2.91. The first kappa shape index (κ1) is 12.3. The van der Waals surface area contributed by atoms with E-state index in [4.69, 9.17) is 0 Å². The van der Waals surface area contributed by atoms with Crippen LogP contribution in [0.3, 0.4) is 0 Å². The van der Waals surface area contributed by atoms with Crippen molar-refractivity contribution in [3.05, 3.63) is 34.0 Å². The smallest absolute Gasteiger partial charge is 0.0798 e. The molecule has 1 atom stereocenters. The third-order valence-corrected chi connectivity index (χ3v) is 3.97. The molecule has 92 valence electrons. The summed E-state index contributed by atoms with van der Waals surface area (Å²) in [6.07, 6.45) is 6.13. The minimum atomic E-state index is 0.391. The van der Waals surface area contributed by atoms with Crippen LogP contribution in [0.25, 0.3) is 0 Å². The van der Waals surface area contributed by atoms with Gasteiger partial charge in [-0.3, -0.25) is 4.68 Å². The number of rotatable bonds is 5. The van der Waals surface area contributed by atoms with E-state index in [2.05, 4.69) is 28.5 Å². The van der Waals surface area contributed by atoms with Gasteiger partial charge in [-0.1, -0.05) is 0 Å². The normalized spacial score (nSPS) is 12.9. The Labute approximate surface area is 106 Å². The van der Waals surface area contributed by atoms with Crippen LogP contribution in [0.2, 0.25) is 0 Å². The summed E-state index contributed by atoms with van der Waals surface area (Å²) in [5.74, 6) is 0. The molecule has 0 saturated carbocycles. The van der Waals surface area contributed by atoms with Crippen LogP contribution in [-0.2, 0) is 13.5 Å². The second kappa shape index (κ2) is 5.42. The van der Waals surface area contributed by atoms with Crippen LogP contribution in [0.4, 0.5) is 0 Å². The molecule has 0 bridgehead atoms. The van der Waals surface area contributed by atoms with Gasteiger partial charge in [0.1, 0.15) is 0 Å². The van der Waals surface area contributed by atoms with Crippen molar-refractivity contribution in [2.24, 2.45) is 7.05 Å². The number of nitrogens with zero attached hydrogens (tertiary/aromatic N) is 3. The molecule has 0 aromatic carbocycles. The third kappa shape index (κ3) is 2.92. The van der Waals surface area contributed by atoms with Gasteiger partial charge in [0.25, 0.3) is 0 Å². The van der Waals surface area contributed by atoms with E-state index in [-0.39, 0.29) is 0 Å². The summed E-state index contributed by atoms with van der Waals surface area (Å²) in [6.45, 7) is 2.07. The highest BCUT2D eigenvalue weighted by Crippen LogP contribution is 2.25. The SMILES string of the molecule is CNC(CCc1cnn(C)c1)c1scnc1C. The Balaban J connectivity index is 1.99. The first-order valence-corrected chi connectivity index (χ1v) is 6.63. The molecular weight excluding hydrogens is 232 g/mol. The molecule has 0 saturated heterocycles. The molecule has 0 aliphatic carbocycles. The maximum absolute atomic E-state index is 4.31. The van der Waals surface area contributed by atoms with Crippen molar-refractivity contribution in [2.45, 2.75) is 25.8 Å². The van der Waals surface area contributed by atoms with Crippen molar-refractivity contribution in [2.75, 3.05) is 7.05 Å². The van der Waals surface area contributed by atoms with Crippen LogP contribution >= 0.6 is 11.3 Å². The molecule has 2 heterocycles. The Kier molecular flexibility index (Phi) is 3.91. The summed E-state index contributed by atoms with van der Waals surface area (Å²) in [6, 6.07) is 0.391. The highest BCUT2D eigenvalue weighted by molar-refractivity contribution is 7.09. The lowest BCUT2D eigenvalue weighted by molar-refractivity contribution is 0.554. The van der Waals surface area contributed by atoms with Crippen LogP contribution in [0.15, 0.2) is 17.9 Å². The van der Waals surface area contributed by atoms with E-state index >= 15 is 0 Å². The maximum Gasteiger partial charge on any atom is 0.0798 e. The number of aromatic nitrogens is 3. The molecule has 17 heavy (non-hydrogen) atoms. The predicted molar refractivity (Wildman–Crippen MR) is 70.2 cm³/mol. The Hall–Kier alpha value is -1.20. The Morgan fingerprint density at radius 3 is 2.88 bits per heavy atom. The molecule has 2 aromatic heterocycles. The molecule has 0 radical (unpaired) electrons. The monoisotopic (exact) mass is 250 g/mol. The van der Waals surface area contributed by atoms with Crippen molar-refractivity contribution >= 4 is 11.3 Å². The zero-order valence-corrected chi connectivity index (χ0v) is 11.3. The van der Waals surface area contributed by atoms with E-state index in [1.165, 1.54) is 10.4 Å². The number of aryl methyl sites for hydroxylation is 3. The highest BCUT2D eigenvalue weighted by atomic mass is 32.1. The van der Waals surface area contributed by atoms with E-state index in [1.807, 2.05) is 30.5 Å². The van der Waals surface area contributed by atoms with Crippen LogP contribution in [-0.4, -0.2) is 21.8 Å². The average Bonchev–Trinajstić information content (AvgIpc) is 2.90. The minimum Gasteiger partial charge on any atom is -0.312 e. The van der Waals surface area contributed by atoms with Gasteiger partial charge < -0.3 is 5.32 Å². The lowest BCUT2D eigenvalue weighted by Gasteiger charge is -2.14. The zero-order chi connectivity index (χ0) is 12.3. The van der Waals surface area contributed by atoms with E-state index in [0.29, 0.717) is 6.04 Å². The van der Waals surface area contributed by atoms with Crippen LogP contribution in [0.5, 0.6) is 0 Å². The maximum atomic E-state index is 4.31. The Bertz CT molecular complexity index is 474. The summed E-state index contributed by atoms with van der Waals surface area (Å²) in [7, 11) is 3.96. The van der Waals surface area contributed by atoms with Crippen molar-refractivity contribution in [1.82, 2.24) is 20.1 Å². The van der Waals surface area contributed by atoms with Gasteiger partial charge >= 0.3 is 0 Å². The fourth-order valence-electron chi connectivity index (χ4n) is 1.96. The van der Waals surface area contributed by atoms with Gasteiger partial charge in [0.05, 0.1) is 17.4 Å².